The van der Waals surface area contributed by atoms with Gasteiger partial charge in [-0.25, -0.2) is 4.68 Å². The maximum atomic E-state index is 13.0. The summed E-state index contributed by atoms with van der Waals surface area (Å²) in [7, 11) is 0. The van der Waals surface area contributed by atoms with Crippen molar-refractivity contribution in [3.8, 4) is 5.75 Å². The van der Waals surface area contributed by atoms with Gasteiger partial charge in [0, 0.05) is 21.6 Å². The highest BCUT2D eigenvalue weighted by Crippen LogP contribution is 2.24. The van der Waals surface area contributed by atoms with Gasteiger partial charge in [0.05, 0.1) is 12.1 Å². The minimum Gasteiger partial charge on any atom is -0.494 e. The summed E-state index contributed by atoms with van der Waals surface area (Å²) in [5.41, 5.74) is 3.87. The first-order chi connectivity index (χ1) is 15.3. The van der Waals surface area contributed by atoms with E-state index in [4.69, 9.17) is 4.74 Å². The Morgan fingerprint density at radius 1 is 1.03 bits per heavy atom. The van der Waals surface area contributed by atoms with Gasteiger partial charge in [-0.05, 0) is 68.8 Å². The molecule has 0 aliphatic carbocycles. The molecule has 32 heavy (non-hydrogen) atoms. The molecule has 0 spiro atoms. The number of benzene rings is 2. The van der Waals surface area contributed by atoms with Crippen LogP contribution in [0.5, 0.6) is 5.75 Å². The molecular weight excluding hydrogens is 476 g/mol. The van der Waals surface area contributed by atoms with E-state index in [0.29, 0.717) is 30.0 Å². The van der Waals surface area contributed by atoms with Crippen molar-refractivity contribution in [2.24, 2.45) is 0 Å². The van der Waals surface area contributed by atoms with Gasteiger partial charge in [-0.1, -0.05) is 22.9 Å². The third kappa shape index (κ3) is 5.47. The van der Waals surface area contributed by atoms with Crippen molar-refractivity contribution >= 4 is 50.2 Å². The summed E-state index contributed by atoms with van der Waals surface area (Å²) in [5.74, 6) is -1.37. The molecule has 9 heteroatoms. The number of fused-ring (bicyclic) bond motifs is 1. The topological polar surface area (TPSA) is 101 Å². The van der Waals surface area contributed by atoms with E-state index in [2.05, 4.69) is 32.0 Å². The molecule has 0 bridgehead atoms. The molecule has 8 nitrogen and oxygen atoms in total. The van der Waals surface area contributed by atoms with Crippen LogP contribution in [0.2, 0.25) is 0 Å². The van der Waals surface area contributed by atoms with E-state index in [1.54, 1.807) is 42.5 Å². The minimum absolute atomic E-state index is 0.145. The third-order valence-electron chi connectivity index (χ3n) is 4.83. The molecule has 3 N–H and O–H groups in total. The highest BCUT2D eigenvalue weighted by Gasteiger charge is 2.21. The van der Waals surface area contributed by atoms with E-state index >= 15 is 0 Å². The van der Waals surface area contributed by atoms with Crippen LogP contribution in [-0.4, -0.2) is 35.0 Å². The number of hydrogen-bond donors (Lipinski definition) is 3. The summed E-state index contributed by atoms with van der Waals surface area (Å²) in [4.78, 5) is 37.8. The van der Waals surface area contributed by atoms with E-state index in [9.17, 15) is 14.4 Å². The zero-order valence-corrected chi connectivity index (χ0v) is 19.7. The van der Waals surface area contributed by atoms with E-state index in [1.165, 1.54) is 4.68 Å². The molecular formula is C23H25BrN4O4. The SMILES string of the molecule is CCOc1ccc(NC(=O)c2cc3cc(Br)ccc3n2NC(=O)C(=O)N[C@@H](C)CC)cc1. The van der Waals surface area contributed by atoms with Gasteiger partial charge in [0.1, 0.15) is 11.4 Å². The molecule has 1 atom stereocenters. The van der Waals surface area contributed by atoms with Crippen LogP contribution in [-0.2, 0) is 9.59 Å². The fourth-order valence-corrected chi connectivity index (χ4v) is 3.39. The Kier molecular flexibility index (Phi) is 7.53. The molecule has 0 fully saturated rings. The van der Waals surface area contributed by atoms with Gasteiger partial charge in [-0.3, -0.25) is 19.8 Å². The van der Waals surface area contributed by atoms with Crippen LogP contribution in [0.1, 0.15) is 37.7 Å². The fourth-order valence-electron chi connectivity index (χ4n) is 3.01. The number of halogens is 1. The molecule has 1 aromatic heterocycles. The van der Waals surface area contributed by atoms with Crippen LogP contribution in [0, 0.1) is 0 Å². The van der Waals surface area contributed by atoms with E-state index in [-0.39, 0.29) is 11.7 Å². The van der Waals surface area contributed by atoms with Crippen LogP contribution >= 0.6 is 15.9 Å². The quantitative estimate of drug-likeness (QED) is 0.426. The molecule has 0 aliphatic heterocycles. The number of ether oxygens (including phenoxy) is 1. The second kappa shape index (κ2) is 10.3. The van der Waals surface area contributed by atoms with Crippen molar-refractivity contribution in [3.05, 3.63) is 58.7 Å². The van der Waals surface area contributed by atoms with Gasteiger partial charge in [-0.2, -0.15) is 0 Å². The Labute approximate surface area is 194 Å². The maximum Gasteiger partial charge on any atom is 0.328 e. The Balaban J connectivity index is 1.89. The molecule has 0 unspecified atom stereocenters. The van der Waals surface area contributed by atoms with Crippen molar-refractivity contribution in [1.29, 1.82) is 0 Å². The molecule has 168 valence electrons. The lowest BCUT2D eigenvalue weighted by molar-refractivity contribution is -0.137. The average molecular weight is 501 g/mol. The normalized spacial score (nSPS) is 11.6. The molecule has 1 heterocycles. The number of aromatic nitrogens is 1. The molecule has 0 saturated carbocycles. The largest absolute Gasteiger partial charge is 0.494 e. The first-order valence-electron chi connectivity index (χ1n) is 10.3. The Morgan fingerprint density at radius 2 is 1.75 bits per heavy atom. The van der Waals surface area contributed by atoms with Crippen LogP contribution in [0.4, 0.5) is 5.69 Å². The molecule has 3 aromatic rings. The van der Waals surface area contributed by atoms with E-state index in [0.717, 1.165) is 9.86 Å². The first-order valence-corrected chi connectivity index (χ1v) is 11.1. The van der Waals surface area contributed by atoms with Gasteiger partial charge in [0.25, 0.3) is 5.91 Å². The second-order valence-electron chi connectivity index (χ2n) is 7.20. The van der Waals surface area contributed by atoms with E-state index in [1.807, 2.05) is 26.8 Å². The summed E-state index contributed by atoms with van der Waals surface area (Å²) in [6, 6.07) is 13.8. The van der Waals surface area contributed by atoms with Crippen molar-refractivity contribution < 1.29 is 19.1 Å². The average Bonchev–Trinajstić information content (AvgIpc) is 3.12. The Bertz CT molecular complexity index is 1140. The summed E-state index contributed by atoms with van der Waals surface area (Å²) < 4.78 is 7.56. The number of carbonyl (C=O) groups excluding carboxylic acids is 3. The highest BCUT2D eigenvalue weighted by atomic mass is 79.9. The summed E-state index contributed by atoms with van der Waals surface area (Å²) in [5, 5.41) is 6.15. The summed E-state index contributed by atoms with van der Waals surface area (Å²) in [6.45, 7) is 6.16. The third-order valence-corrected chi connectivity index (χ3v) is 5.32. The van der Waals surface area contributed by atoms with Crippen LogP contribution in [0.3, 0.4) is 0 Å². The van der Waals surface area contributed by atoms with Gasteiger partial charge in [0.15, 0.2) is 0 Å². The van der Waals surface area contributed by atoms with Gasteiger partial charge in [-0.15, -0.1) is 0 Å². The van der Waals surface area contributed by atoms with E-state index < -0.39 is 17.7 Å². The zero-order valence-electron chi connectivity index (χ0n) is 18.1. The number of nitrogens with zero attached hydrogens (tertiary/aromatic N) is 1. The lowest BCUT2D eigenvalue weighted by Crippen LogP contribution is -2.43. The Hall–Kier alpha value is -3.33. The van der Waals surface area contributed by atoms with Crippen molar-refractivity contribution in [3.63, 3.8) is 0 Å². The van der Waals surface area contributed by atoms with Gasteiger partial charge < -0.3 is 15.4 Å². The smallest absolute Gasteiger partial charge is 0.328 e. The maximum absolute atomic E-state index is 13.0. The van der Waals surface area contributed by atoms with Crippen LogP contribution < -0.4 is 20.8 Å². The van der Waals surface area contributed by atoms with Crippen LogP contribution in [0.15, 0.2) is 53.0 Å². The number of rotatable bonds is 7. The van der Waals surface area contributed by atoms with Crippen molar-refractivity contribution in [1.82, 2.24) is 9.99 Å². The van der Waals surface area contributed by atoms with Gasteiger partial charge >= 0.3 is 11.8 Å². The minimum atomic E-state index is -0.860. The summed E-state index contributed by atoms with van der Waals surface area (Å²) in [6.07, 6.45) is 0.690. The zero-order chi connectivity index (χ0) is 23.3. The standard InChI is InChI=1S/C23H25BrN4O4/c1-4-14(3)25-22(30)23(31)27-28-19-11-6-16(24)12-15(19)13-20(28)21(29)26-17-7-9-18(10-8-17)32-5-2/h6-14H,4-5H2,1-3H3,(H,25,30)(H,26,29)(H,27,31)/t14-/m0/s1. The van der Waals surface area contributed by atoms with Crippen molar-refractivity contribution in [2.75, 3.05) is 17.3 Å². The lowest BCUT2D eigenvalue weighted by Gasteiger charge is -2.14. The summed E-state index contributed by atoms with van der Waals surface area (Å²) >= 11 is 3.41. The number of carbonyl (C=O) groups is 3. The predicted molar refractivity (Wildman–Crippen MR) is 127 cm³/mol. The van der Waals surface area contributed by atoms with Crippen LogP contribution in [0.25, 0.3) is 10.9 Å². The van der Waals surface area contributed by atoms with Crippen molar-refractivity contribution in [2.45, 2.75) is 33.2 Å². The molecule has 3 amide bonds. The lowest BCUT2D eigenvalue weighted by atomic mass is 10.2. The molecule has 0 saturated heterocycles. The molecule has 0 aliphatic rings. The molecule has 3 rings (SSSR count). The number of hydrogen-bond acceptors (Lipinski definition) is 4. The number of amides is 3. The number of nitrogens with one attached hydrogen (secondary N) is 3. The monoisotopic (exact) mass is 500 g/mol. The Morgan fingerprint density at radius 3 is 2.41 bits per heavy atom. The first kappa shape index (κ1) is 23.3. The molecule has 2 aromatic carbocycles. The predicted octanol–water partition coefficient (Wildman–Crippen LogP) is 4.04. The second-order valence-corrected chi connectivity index (χ2v) is 8.12. The van der Waals surface area contributed by atoms with Gasteiger partial charge in [0.2, 0.25) is 0 Å². The highest BCUT2D eigenvalue weighted by molar-refractivity contribution is 9.10. The number of anilines is 1. The molecule has 0 radical (unpaired) electrons. The fraction of sp³-hybridized carbons (Fsp3) is 0.261.